The van der Waals surface area contributed by atoms with E-state index in [9.17, 15) is 62.3 Å². The fourth-order valence-electron chi connectivity index (χ4n) is 5.93. The molecule has 0 aliphatic heterocycles. The molecule has 0 aromatic heterocycles. The molecule has 9 nitrogen and oxygen atoms in total. The van der Waals surface area contributed by atoms with E-state index >= 15 is 0 Å². The molecule has 4 aromatic carbocycles. The van der Waals surface area contributed by atoms with Crippen LogP contribution in [-0.2, 0) is 37.5 Å². The number of urea groups is 2. The highest BCUT2D eigenvalue weighted by Gasteiger charge is 2.38. The molecule has 0 saturated carbocycles. The van der Waals surface area contributed by atoms with Gasteiger partial charge in [0.15, 0.2) is 0 Å². The Morgan fingerprint density at radius 1 is 0.548 bits per heavy atom. The minimum atomic E-state index is -5.15. The maximum Gasteiger partial charge on any atom is 0.416 e. The molecule has 21 heteroatoms. The first-order valence-corrected chi connectivity index (χ1v) is 18.9. The number of hydrogen-bond acceptors (Lipinski definition) is 2. The summed E-state index contributed by atoms with van der Waals surface area (Å²) >= 11 is 0. The number of carbonyl (C=O) groups excluding carboxylic acids is 2. The summed E-state index contributed by atoms with van der Waals surface area (Å²) in [6.45, 7) is 2.14. The molecule has 4 amide bonds. The average Bonchev–Trinajstić information content (AvgIpc) is 3.17. The van der Waals surface area contributed by atoms with E-state index in [0.29, 0.717) is 48.4 Å². The Morgan fingerprint density at radius 2 is 0.935 bits per heavy atom. The van der Waals surface area contributed by atoms with Gasteiger partial charge in [0.2, 0.25) is 0 Å². The third-order valence-electron chi connectivity index (χ3n) is 8.89. The fourth-order valence-corrected chi connectivity index (χ4v) is 5.93. The van der Waals surface area contributed by atoms with Crippen LogP contribution in [0, 0.1) is 0 Å². The number of anilines is 2. The standard InChI is InChI=1S/C41H41F12N7O2/c1-2-3-14-54-35(55-23-33(15-25-10-6-4-7-11-25)59-36(61)57-31-19-27(38(42,43)44)17-28(20-31)39(45,46)47)56-24-34(16-26-12-8-5-9-13-26)60-37(62)58-32-21-29(40(48,49)50)18-30(22-32)41(51,52)53/h4-13,17-22,33-34H,2-3,14-16,23-24H2,1H3,(H2,54,55,56)(H2,57,59,61)(H2,58,60,62)/p+1/t33-,34-/m0/s1. The van der Waals surface area contributed by atoms with Crippen LogP contribution in [-0.4, -0.2) is 49.7 Å². The second kappa shape index (κ2) is 21.1. The largest absolute Gasteiger partial charge is 0.416 e. The van der Waals surface area contributed by atoms with Crippen LogP contribution in [0.25, 0.3) is 0 Å². The summed E-state index contributed by atoms with van der Waals surface area (Å²) in [4.78, 5) is 29.4. The van der Waals surface area contributed by atoms with Gasteiger partial charge in [-0.3, -0.25) is 15.6 Å². The number of unbranched alkanes of at least 4 members (excludes halogenated alkanes) is 1. The number of nitrogens with one attached hydrogen (secondary N) is 7. The highest BCUT2D eigenvalue weighted by atomic mass is 19.4. The van der Waals surface area contributed by atoms with Gasteiger partial charge < -0.3 is 21.3 Å². The molecule has 0 bridgehead atoms. The number of hydrogen-bond donors (Lipinski definition) is 7. The molecule has 0 saturated heterocycles. The molecule has 0 heterocycles. The Balaban J connectivity index is 1.57. The SMILES string of the molecule is CCCCNC(NC[C@H](Cc1ccccc1)NC(=O)Nc1cc(C(F)(F)F)cc(C(F)(F)F)c1)=[NH+]C[C@H](Cc1ccccc1)NC(=O)Nc1cc(C(F)(F)F)cc(C(F)(F)F)c1. The van der Waals surface area contributed by atoms with Crippen molar-refractivity contribution in [2.45, 2.75) is 69.4 Å². The lowest BCUT2D eigenvalue weighted by Gasteiger charge is -2.21. The lowest BCUT2D eigenvalue weighted by atomic mass is 10.1. The van der Waals surface area contributed by atoms with Crippen LogP contribution in [0.15, 0.2) is 97.1 Å². The summed E-state index contributed by atoms with van der Waals surface area (Å²) in [5.74, 6) is 0.249. The predicted octanol–water partition coefficient (Wildman–Crippen LogP) is 8.34. The van der Waals surface area contributed by atoms with E-state index in [0.717, 1.165) is 6.42 Å². The number of alkyl halides is 12. The minimum Gasteiger partial charge on any atom is -0.332 e. The van der Waals surface area contributed by atoms with Gasteiger partial charge in [-0.15, -0.1) is 0 Å². The Kier molecular flexibility index (Phi) is 16.5. The zero-order valence-electron chi connectivity index (χ0n) is 32.7. The molecule has 2 atom stereocenters. The molecule has 336 valence electrons. The van der Waals surface area contributed by atoms with Crippen molar-refractivity contribution in [1.29, 1.82) is 0 Å². The lowest BCUT2D eigenvalue weighted by molar-refractivity contribution is -0.465. The number of amides is 4. The smallest absolute Gasteiger partial charge is 0.332 e. The van der Waals surface area contributed by atoms with Gasteiger partial charge in [-0.05, 0) is 66.8 Å². The van der Waals surface area contributed by atoms with E-state index in [-0.39, 0.29) is 44.0 Å². The van der Waals surface area contributed by atoms with Gasteiger partial charge in [-0.25, -0.2) is 9.59 Å². The van der Waals surface area contributed by atoms with Crippen molar-refractivity contribution in [2.24, 2.45) is 0 Å². The molecule has 0 fully saturated rings. The first-order valence-electron chi connectivity index (χ1n) is 18.9. The number of rotatable bonds is 15. The Labute approximate surface area is 347 Å². The third-order valence-corrected chi connectivity index (χ3v) is 8.89. The van der Waals surface area contributed by atoms with Gasteiger partial charge in [-0.2, -0.15) is 52.7 Å². The number of carbonyl (C=O) groups is 2. The molecule has 0 spiro atoms. The van der Waals surface area contributed by atoms with Crippen LogP contribution >= 0.6 is 0 Å². The minimum absolute atomic E-state index is 0.0725. The molecule has 62 heavy (non-hydrogen) atoms. The van der Waals surface area contributed by atoms with Gasteiger partial charge in [0, 0.05) is 11.4 Å². The second-order valence-electron chi connectivity index (χ2n) is 14.0. The summed E-state index contributed by atoms with van der Waals surface area (Å²) in [5, 5.41) is 15.5. The first-order chi connectivity index (χ1) is 29.0. The number of benzene rings is 4. The molecule has 0 unspecified atom stereocenters. The van der Waals surface area contributed by atoms with Crippen molar-refractivity contribution in [2.75, 3.05) is 30.3 Å². The van der Waals surface area contributed by atoms with Crippen molar-refractivity contribution >= 4 is 29.4 Å². The Morgan fingerprint density at radius 3 is 1.32 bits per heavy atom. The van der Waals surface area contributed by atoms with E-state index in [4.69, 9.17) is 0 Å². The van der Waals surface area contributed by atoms with Crippen LogP contribution in [0.2, 0.25) is 0 Å². The number of halogens is 12. The normalized spacial score (nSPS) is 13.5. The Hall–Kier alpha value is -6.15. The van der Waals surface area contributed by atoms with E-state index in [1.807, 2.05) is 6.92 Å². The molecule has 7 N–H and O–H groups in total. The maximum absolute atomic E-state index is 13.5. The molecular weight excluding hydrogens is 850 g/mol. The van der Waals surface area contributed by atoms with Gasteiger partial charge in [0.05, 0.1) is 54.0 Å². The molecule has 4 rings (SSSR count). The highest BCUT2D eigenvalue weighted by molar-refractivity contribution is 5.90. The van der Waals surface area contributed by atoms with Gasteiger partial charge in [0.25, 0.3) is 0 Å². The van der Waals surface area contributed by atoms with Crippen molar-refractivity contribution in [3.63, 3.8) is 0 Å². The van der Waals surface area contributed by atoms with E-state index in [1.165, 1.54) is 0 Å². The van der Waals surface area contributed by atoms with Gasteiger partial charge >= 0.3 is 42.7 Å². The number of guanidine groups is 1. The van der Waals surface area contributed by atoms with E-state index in [1.54, 1.807) is 60.7 Å². The van der Waals surface area contributed by atoms with Gasteiger partial charge in [-0.1, -0.05) is 74.0 Å². The van der Waals surface area contributed by atoms with Crippen LogP contribution in [0.4, 0.5) is 73.6 Å². The summed E-state index contributed by atoms with van der Waals surface area (Å²) in [6.07, 6.45) is -18.9. The molecule has 0 aliphatic carbocycles. The lowest BCUT2D eigenvalue weighted by Crippen LogP contribution is -2.83. The zero-order valence-corrected chi connectivity index (χ0v) is 32.7. The van der Waals surface area contributed by atoms with Crippen LogP contribution in [0.3, 0.4) is 0 Å². The highest BCUT2D eigenvalue weighted by Crippen LogP contribution is 2.39. The Bertz CT molecular complexity index is 2040. The zero-order chi connectivity index (χ0) is 45.7. The van der Waals surface area contributed by atoms with E-state index < -0.39 is 82.5 Å². The fraction of sp³-hybridized carbons (Fsp3) is 0.341. The summed E-state index contributed by atoms with van der Waals surface area (Å²) < 4.78 is 162. The van der Waals surface area contributed by atoms with Gasteiger partial charge in [0.1, 0.15) is 0 Å². The molecular formula is C41H42F12N7O2+. The van der Waals surface area contributed by atoms with Crippen LogP contribution in [0.5, 0.6) is 0 Å². The van der Waals surface area contributed by atoms with Crippen molar-refractivity contribution in [3.05, 3.63) is 130 Å². The third kappa shape index (κ3) is 16.0. The predicted molar refractivity (Wildman–Crippen MR) is 207 cm³/mol. The van der Waals surface area contributed by atoms with Crippen molar-refractivity contribution in [3.8, 4) is 0 Å². The van der Waals surface area contributed by atoms with Crippen LogP contribution in [0.1, 0.15) is 53.1 Å². The summed E-state index contributed by atoms with van der Waals surface area (Å²) in [7, 11) is 0. The quantitative estimate of drug-likeness (QED) is 0.0281. The topological polar surface area (TPSA) is 120 Å². The average molecular weight is 893 g/mol. The van der Waals surface area contributed by atoms with Crippen molar-refractivity contribution in [1.82, 2.24) is 21.3 Å². The molecule has 4 aromatic rings. The first kappa shape index (κ1) is 48.5. The second-order valence-corrected chi connectivity index (χ2v) is 14.0. The molecule has 0 radical (unpaired) electrons. The van der Waals surface area contributed by atoms with Crippen molar-refractivity contribution < 1.29 is 67.3 Å². The molecule has 0 aliphatic rings. The van der Waals surface area contributed by atoms with Crippen LogP contribution < -0.4 is 36.9 Å². The van der Waals surface area contributed by atoms with E-state index in [2.05, 4.69) is 36.9 Å². The monoisotopic (exact) mass is 892 g/mol. The summed E-state index contributed by atoms with van der Waals surface area (Å²) in [5.41, 5.74) is -6.63. The summed E-state index contributed by atoms with van der Waals surface area (Å²) in [6, 6.07) is 14.6. The maximum atomic E-state index is 13.5.